The van der Waals surface area contributed by atoms with E-state index in [0.29, 0.717) is 25.1 Å². The summed E-state index contributed by atoms with van der Waals surface area (Å²) in [6.07, 6.45) is 3.39. The minimum atomic E-state index is 0.0416. The molecule has 4 nitrogen and oxygen atoms in total. The second-order valence-corrected chi connectivity index (χ2v) is 6.42. The first-order chi connectivity index (χ1) is 12.2. The third-order valence-corrected chi connectivity index (χ3v) is 4.55. The van der Waals surface area contributed by atoms with Crippen molar-refractivity contribution in [3.05, 3.63) is 65.2 Å². The quantitative estimate of drug-likeness (QED) is 0.874. The molecule has 1 heterocycles. The molecule has 0 spiro atoms. The van der Waals surface area contributed by atoms with Gasteiger partial charge in [0.15, 0.2) is 0 Å². The van der Waals surface area contributed by atoms with E-state index in [1.165, 1.54) is 5.56 Å². The molecule has 0 saturated carbocycles. The number of unbranched alkanes of at least 4 members (excludes halogenated alkanes) is 1. The molecule has 4 heteroatoms. The van der Waals surface area contributed by atoms with Crippen molar-refractivity contribution in [2.45, 2.75) is 39.2 Å². The maximum atomic E-state index is 12.7. The highest BCUT2D eigenvalue weighted by Gasteiger charge is 2.25. The SMILES string of the molecule is CCCCC(=O)NCc1ccc2c(c1)CCN2C(=O)c1ccccc1. The number of amides is 2. The summed E-state index contributed by atoms with van der Waals surface area (Å²) in [4.78, 5) is 26.3. The van der Waals surface area contributed by atoms with E-state index in [9.17, 15) is 9.59 Å². The van der Waals surface area contributed by atoms with Crippen molar-refractivity contribution < 1.29 is 9.59 Å². The first-order valence-corrected chi connectivity index (χ1v) is 8.94. The molecule has 2 aromatic rings. The van der Waals surface area contributed by atoms with Gasteiger partial charge in [-0.3, -0.25) is 9.59 Å². The van der Waals surface area contributed by atoms with Gasteiger partial charge < -0.3 is 10.2 Å². The number of hydrogen-bond acceptors (Lipinski definition) is 2. The average molecular weight is 336 g/mol. The summed E-state index contributed by atoms with van der Waals surface area (Å²) in [5.41, 5.74) is 3.94. The molecule has 0 atom stereocenters. The molecule has 25 heavy (non-hydrogen) atoms. The summed E-state index contributed by atoms with van der Waals surface area (Å²) in [5, 5.41) is 2.97. The fourth-order valence-corrected chi connectivity index (χ4v) is 3.14. The zero-order valence-electron chi connectivity index (χ0n) is 14.6. The van der Waals surface area contributed by atoms with E-state index in [2.05, 4.69) is 18.3 Å². The Balaban J connectivity index is 1.66. The van der Waals surface area contributed by atoms with Crippen LogP contribution in [-0.2, 0) is 17.8 Å². The lowest BCUT2D eigenvalue weighted by Crippen LogP contribution is -2.28. The third-order valence-electron chi connectivity index (χ3n) is 4.55. The number of fused-ring (bicyclic) bond motifs is 1. The van der Waals surface area contributed by atoms with Crippen LogP contribution in [0, 0.1) is 0 Å². The van der Waals surface area contributed by atoms with E-state index in [1.54, 1.807) is 0 Å². The molecular formula is C21H24N2O2. The average Bonchev–Trinajstić information content (AvgIpc) is 3.08. The third kappa shape index (κ3) is 4.08. The van der Waals surface area contributed by atoms with Gasteiger partial charge in [0.2, 0.25) is 5.91 Å². The molecule has 1 aliphatic rings. The van der Waals surface area contributed by atoms with Gasteiger partial charge in [0.1, 0.15) is 0 Å². The van der Waals surface area contributed by atoms with E-state index in [-0.39, 0.29) is 11.8 Å². The number of benzene rings is 2. The van der Waals surface area contributed by atoms with Crippen LogP contribution in [0.1, 0.15) is 47.7 Å². The molecule has 0 radical (unpaired) electrons. The van der Waals surface area contributed by atoms with Crippen molar-refractivity contribution in [2.24, 2.45) is 0 Å². The molecule has 0 aliphatic carbocycles. The van der Waals surface area contributed by atoms with Gasteiger partial charge in [-0.1, -0.05) is 43.7 Å². The van der Waals surface area contributed by atoms with Crippen molar-refractivity contribution in [1.29, 1.82) is 0 Å². The number of hydrogen-bond donors (Lipinski definition) is 1. The van der Waals surface area contributed by atoms with Crippen LogP contribution in [0.5, 0.6) is 0 Å². The van der Waals surface area contributed by atoms with Crippen LogP contribution >= 0.6 is 0 Å². The second kappa shape index (κ2) is 7.97. The predicted molar refractivity (Wildman–Crippen MR) is 99.6 cm³/mol. The molecular weight excluding hydrogens is 312 g/mol. The summed E-state index contributed by atoms with van der Waals surface area (Å²) in [6.45, 7) is 3.33. The van der Waals surface area contributed by atoms with Gasteiger partial charge >= 0.3 is 0 Å². The van der Waals surface area contributed by atoms with Gasteiger partial charge in [-0.25, -0.2) is 0 Å². The van der Waals surface area contributed by atoms with Gasteiger partial charge in [0.25, 0.3) is 5.91 Å². The Hall–Kier alpha value is -2.62. The standard InChI is InChI=1S/C21H24N2O2/c1-2-3-9-20(24)22-15-16-10-11-19-18(14-16)12-13-23(19)21(25)17-7-5-4-6-8-17/h4-8,10-11,14H,2-3,9,12-13,15H2,1H3,(H,22,24). The van der Waals surface area contributed by atoms with Crippen LogP contribution in [0.25, 0.3) is 0 Å². The number of carbonyl (C=O) groups is 2. The monoisotopic (exact) mass is 336 g/mol. The normalized spacial score (nSPS) is 12.8. The smallest absolute Gasteiger partial charge is 0.258 e. The van der Waals surface area contributed by atoms with Crippen LogP contribution in [-0.4, -0.2) is 18.4 Å². The van der Waals surface area contributed by atoms with Crippen molar-refractivity contribution in [3.8, 4) is 0 Å². The lowest BCUT2D eigenvalue weighted by Gasteiger charge is -2.17. The zero-order chi connectivity index (χ0) is 17.6. The first kappa shape index (κ1) is 17.2. The number of carbonyl (C=O) groups excluding carboxylic acids is 2. The van der Waals surface area contributed by atoms with E-state index < -0.39 is 0 Å². The summed E-state index contributed by atoms with van der Waals surface area (Å²) >= 11 is 0. The predicted octanol–water partition coefficient (Wildman–Crippen LogP) is 3.70. The van der Waals surface area contributed by atoms with Crippen molar-refractivity contribution in [1.82, 2.24) is 5.32 Å². The molecule has 1 aliphatic heterocycles. The molecule has 3 rings (SSSR count). The second-order valence-electron chi connectivity index (χ2n) is 6.42. The summed E-state index contributed by atoms with van der Waals surface area (Å²) in [7, 11) is 0. The molecule has 0 unspecified atom stereocenters. The van der Waals surface area contributed by atoms with Crippen LogP contribution < -0.4 is 10.2 Å². The lowest BCUT2D eigenvalue weighted by molar-refractivity contribution is -0.121. The van der Waals surface area contributed by atoms with Crippen molar-refractivity contribution in [3.63, 3.8) is 0 Å². The molecule has 0 bridgehead atoms. The fourth-order valence-electron chi connectivity index (χ4n) is 3.14. The lowest BCUT2D eigenvalue weighted by atomic mass is 10.1. The van der Waals surface area contributed by atoms with E-state index >= 15 is 0 Å². The van der Waals surface area contributed by atoms with Gasteiger partial charge in [0.05, 0.1) is 0 Å². The zero-order valence-corrected chi connectivity index (χ0v) is 14.6. The number of rotatable bonds is 6. The maximum Gasteiger partial charge on any atom is 0.258 e. The summed E-state index contributed by atoms with van der Waals surface area (Å²) in [6, 6.07) is 15.5. The molecule has 1 N–H and O–H groups in total. The van der Waals surface area contributed by atoms with E-state index in [1.807, 2.05) is 47.4 Å². The largest absolute Gasteiger partial charge is 0.352 e. The highest BCUT2D eigenvalue weighted by atomic mass is 16.2. The molecule has 0 fully saturated rings. The van der Waals surface area contributed by atoms with Crippen molar-refractivity contribution >= 4 is 17.5 Å². The minimum absolute atomic E-state index is 0.0416. The Kier molecular flexibility index (Phi) is 5.49. The Labute approximate surface area is 148 Å². The molecule has 130 valence electrons. The van der Waals surface area contributed by atoms with Crippen LogP contribution in [0.15, 0.2) is 48.5 Å². The number of nitrogens with zero attached hydrogens (tertiary/aromatic N) is 1. The Morgan fingerprint density at radius 3 is 2.68 bits per heavy atom. The van der Waals surface area contributed by atoms with E-state index in [0.717, 1.165) is 30.5 Å². The summed E-state index contributed by atoms with van der Waals surface area (Å²) < 4.78 is 0. The van der Waals surface area contributed by atoms with Crippen LogP contribution in [0.3, 0.4) is 0 Å². The van der Waals surface area contributed by atoms with Gasteiger partial charge in [-0.2, -0.15) is 0 Å². The Morgan fingerprint density at radius 2 is 1.92 bits per heavy atom. The van der Waals surface area contributed by atoms with Crippen LogP contribution in [0.2, 0.25) is 0 Å². The highest BCUT2D eigenvalue weighted by molar-refractivity contribution is 6.07. The fraction of sp³-hybridized carbons (Fsp3) is 0.333. The number of nitrogens with one attached hydrogen (secondary N) is 1. The van der Waals surface area contributed by atoms with Gasteiger partial charge in [-0.05, 0) is 42.2 Å². The van der Waals surface area contributed by atoms with Crippen LogP contribution in [0.4, 0.5) is 5.69 Å². The first-order valence-electron chi connectivity index (χ1n) is 8.94. The highest BCUT2D eigenvalue weighted by Crippen LogP contribution is 2.30. The Bertz CT molecular complexity index is 756. The summed E-state index contributed by atoms with van der Waals surface area (Å²) in [5.74, 6) is 0.142. The topological polar surface area (TPSA) is 49.4 Å². The molecule has 2 amide bonds. The molecule has 0 saturated heterocycles. The van der Waals surface area contributed by atoms with Gasteiger partial charge in [0, 0.05) is 30.8 Å². The maximum absolute atomic E-state index is 12.7. The minimum Gasteiger partial charge on any atom is -0.352 e. The molecule has 0 aromatic heterocycles. The number of anilines is 1. The van der Waals surface area contributed by atoms with E-state index in [4.69, 9.17) is 0 Å². The molecule has 2 aromatic carbocycles. The van der Waals surface area contributed by atoms with Gasteiger partial charge in [-0.15, -0.1) is 0 Å². The van der Waals surface area contributed by atoms with Crippen molar-refractivity contribution in [2.75, 3.05) is 11.4 Å². The Morgan fingerprint density at radius 1 is 1.12 bits per heavy atom.